The molecule has 0 saturated heterocycles. The first kappa shape index (κ1) is 11.7. The second kappa shape index (κ2) is 5.05. The Morgan fingerprint density at radius 3 is 2.71 bits per heavy atom. The molecule has 17 heavy (non-hydrogen) atoms. The van der Waals surface area contributed by atoms with Crippen LogP contribution in [0, 0.1) is 11.8 Å². The second-order valence-electron chi connectivity index (χ2n) is 3.33. The largest absolute Gasteiger partial charge is 0.366 e. The number of anilines is 1. The molecule has 88 valence electrons. The number of hydrogen-bond donors (Lipinski definition) is 1. The van der Waals surface area contributed by atoms with Gasteiger partial charge in [-0.2, -0.15) is 4.39 Å². The molecule has 6 heteroatoms. The van der Waals surface area contributed by atoms with Crippen molar-refractivity contribution in [3.8, 4) is 0 Å². The molecule has 0 fully saturated rings. The van der Waals surface area contributed by atoms with E-state index < -0.39 is 11.8 Å². The molecule has 0 atom stereocenters. The maximum atomic E-state index is 12.9. The number of hydrogen-bond acceptors (Lipinski definition) is 3. The minimum atomic E-state index is -0.611. The van der Waals surface area contributed by atoms with Gasteiger partial charge in [-0.15, -0.1) is 0 Å². The van der Waals surface area contributed by atoms with Crippen molar-refractivity contribution in [3.63, 3.8) is 0 Å². The van der Waals surface area contributed by atoms with Crippen molar-refractivity contribution in [2.75, 3.05) is 5.32 Å². The first-order valence-corrected chi connectivity index (χ1v) is 5.18. The molecule has 0 aliphatic carbocycles. The fourth-order valence-corrected chi connectivity index (χ4v) is 1.48. The Hall–Kier alpha value is -1.75. The van der Waals surface area contributed by atoms with Crippen LogP contribution in [0.2, 0.25) is 5.02 Å². The highest BCUT2D eigenvalue weighted by molar-refractivity contribution is 6.30. The van der Waals surface area contributed by atoms with Crippen LogP contribution < -0.4 is 5.32 Å². The Bertz CT molecular complexity index is 534. The van der Waals surface area contributed by atoms with Gasteiger partial charge in [0, 0.05) is 12.6 Å². The second-order valence-corrected chi connectivity index (χ2v) is 3.74. The van der Waals surface area contributed by atoms with Crippen LogP contribution in [0.4, 0.5) is 14.6 Å². The molecular weight excluding hydrogens is 248 g/mol. The first-order valence-electron chi connectivity index (χ1n) is 4.80. The van der Waals surface area contributed by atoms with Gasteiger partial charge >= 0.3 is 0 Å². The van der Waals surface area contributed by atoms with E-state index in [0.717, 1.165) is 11.9 Å². The van der Waals surface area contributed by atoms with Crippen molar-refractivity contribution in [2.45, 2.75) is 6.54 Å². The van der Waals surface area contributed by atoms with Crippen LogP contribution in [0.1, 0.15) is 5.56 Å². The Labute approximate surface area is 101 Å². The lowest BCUT2D eigenvalue weighted by Gasteiger charge is -2.05. The van der Waals surface area contributed by atoms with Crippen LogP contribution in [-0.4, -0.2) is 9.97 Å². The fourth-order valence-electron chi connectivity index (χ4n) is 1.27. The molecule has 0 bridgehead atoms. The lowest BCUT2D eigenvalue weighted by Crippen LogP contribution is -2.02. The first-order chi connectivity index (χ1) is 8.15. The summed E-state index contributed by atoms with van der Waals surface area (Å²) in [6.45, 7) is 0.371. The standard InChI is InChI=1S/C11H8ClF2N3/c12-8-3-7(1-2-9(8)13)5-15-11-4-10(14)16-6-17-11/h1-4,6H,5H2,(H,15,16,17). The molecule has 3 nitrogen and oxygen atoms in total. The van der Waals surface area contributed by atoms with Gasteiger partial charge in [-0.25, -0.2) is 14.4 Å². The highest BCUT2D eigenvalue weighted by atomic mass is 35.5. The van der Waals surface area contributed by atoms with Crippen LogP contribution in [0.5, 0.6) is 0 Å². The van der Waals surface area contributed by atoms with Crippen LogP contribution in [0.15, 0.2) is 30.6 Å². The minimum absolute atomic E-state index is 0.0539. The van der Waals surface area contributed by atoms with E-state index in [2.05, 4.69) is 15.3 Å². The lowest BCUT2D eigenvalue weighted by molar-refractivity contribution is 0.580. The normalized spacial score (nSPS) is 10.3. The van der Waals surface area contributed by atoms with Gasteiger partial charge < -0.3 is 5.32 Å². The van der Waals surface area contributed by atoms with Gasteiger partial charge in [-0.3, -0.25) is 0 Å². The molecule has 1 aromatic carbocycles. The van der Waals surface area contributed by atoms with E-state index in [1.807, 2.05) is 0 Å². The molecule has 0 amide bonds. The van der Waals surface area contributed by atoms with E-state index in [-0.39, 0.29) is 5.02 Å². The monoisotopic (exact) mass is 255 g/mol. The van der Waals surface area contributed by atoms with E-state index in [4.69, 9.17) is 11.6 Å². The number of nitrogens with zero attached hydrogens (tertiary/aromatic N) is 2. The molecule has 0 unspecified atom stereocenters. The molecule has 2 aromatic rings. The molecule has 1 N–H and O–H groups in total. The summed E-state index contributed by atoms with van der Waals surface area (Å²) in [5.74, 6) is -0.721. The van der Waals surface area contributed by atoms with Gasteiger partial charge in [0.05, 0.1) is 5.02 Å². The van der Waals surface area contributed by atoms with Crippen molar-refractivity contribution in [1.29, 1.82) is 0 Å². The number of rotatable bonds is 3. The van der Waals surface area contributed by atoms with Crippen molar-refractivity contribution in [3.05, 3.63) is 52.9 Å². The highest BCUT2D eigenvalue weighted by Gasteiger charge is 2.02. The van der Waals surface area contributed by atoms with Gasteiger partial charge in [0.1, 0.15) is 18.0 Å². The molecule has 1 heterocycles. The maximum absolute atomic E-state index is 12.9. The molecule has 1 aromatic heterocycles. The molecule has 2 rings (SSSR count). The van der Waals surface area contributed by atoms with Crippen molar-refractivity contribution in [2.24, 2.45) is 0 Å². The smallest absolute Gasteiger partial charge is 0.217 e. The third-order valence-electron chi connectivity index (χ3n) is 2.09. The van der Waals surface area contributed by atoms with E-state index >= 15 is 0 Å². The van der Waals surface area contributed by atoms with Crippen LogP contribution in [0.25, 0.3) is 0 Å². The Morgan fingerprint density at radius 1 is 1.18 bits per heavy atom. The summed E-state index contributed by atoms with van der Waals surface area (Å²) in [5.41, 5.74) is 0.774. The van der Waals surface area contributed by atoms with E-state index in [1.165, 1.54) is 18.2 Å². The Kier molecular flexibility index (Phi) is 3.49. The molecule has 0 aliphatic heterocycles. The molecule has 0 saturated carbocycles. The zero-order valence-corrected chi connectivity index (χ0v) is 9.38. The van der Waals surface area contributed by atoms with Gasteiger partial charge in [-0.05, 0) is 17.7 Å². The predicted molar refractivity (Wildman–Crippen MR) is 60.7 cm³/mol. The van der Waals surface area contributed by atoms with E-state index in [1.54, 1.807) is 6.07 Å². The average Bonchev–Trinajstić information content (AvgIpc) is 2.31. The minimum Gasteiger partial charge on any atom is -0.366 e. The third kappa shape index (κ3) is 3.10. The zero-order valence-electron chi connectivity index (χ0n) is 8.62. The van der Waals surface area contributed by atoms with Crippen molar-refractivity contribution in [1.82, 2.24) is 9.97 Å². The summed E-state index contributed by atoms with van der Waals surface area (Å²) in [5, 5.41) is 2.93. The summed E-state index contributed by atoms with van der Waals surface area (Å²) >= 11 is 5.63. The van der Waals surface area contributed by atoms with Crippen molar-refractivity contribution >= 4 is 17.4 Å². The quantitative estimate of drug-likeness (QED) is 0.857. The lowest BCUT2D eigenvalue weighted by atomic mass is 10.2. The zero-order chi connectivity index (χ0) is 12.3. The fraction of sp³-hybridized carbons (Fsp3) is 0.0909. The van der Waals surface area contributed by atoms with Gasteiger partial charge in [0.2, 0.25) is 5.95 Å². The van der Waals surface area contributed by atoms with Gasteiger partial charge in [0.25, 0.3) is 0 Å². The SMILES string of the molecule is Fc1cc(NCc2ccc(F)c(Cl)c2)ncn1. The van der Waals surface area contributed by atoms with E-state index in [0.29, 0.717) is 12.4 Å². The van der Waals surface area contributed by atoms with Crippen LogP contribution >= 0.6 is 11.6 Å². The Morgan fingerprint density at radius 2 is 2.00 bits per heavy atom. The summed E-state index contributed by atoms with van der Waals surface area (Å²) in [6, 6.07) is 5.54. The van der Waals surface area contributed by atoms with Crippen LogP contribution in [0.3, 0.4) is 0 Å². The average molecular weight is 256 g/mol. The van der Waals surface area contributed by atoms with E-state index in [9.17, 15) is 8.78 Å². The molecular formula is C11H8ClF2N3. The number of halogens is 3. The number of nitrogens with one attached hydrogen (secondary N) is 1. The van der Waals surface area contributed by atoms with Crippen LogP contribution in [-0.2, 0) is 6.54 Å². The van der Waals surface area contributed by atoms with Gasteiger partial charge in [-0.1, -0.05) is 17.7 Å². The number of aromatic nitrogens is 2. The van der Waals surface area contributed by atoms with Crippen molar-refractivity contribution < 1.29 is 8.78 Å². The predicted octanol–water partition coefficient (Wildman–Crippen LogP) is 3.02. The summed E-state index contributed by atoms with van der Waals surface area (Å²) < 4.78 is 25.6. The molecule has 0 radical (unpaired) electrons. The Balaban J connectivity index is 2.05. The topological polar surface area (TPSA) is 37.8 Å². The third-order valence-corrected chi connectivity index (χ3v) is 2.38. The molecule has 0 aliphatic rings. The summed E-state index contributed by atoms with van der Waals surface area (Å²) in [4.78, 5) is 7.16. The summed E-state index contributed by atoms with van der Waals surface area (Å²) in [6.07, 6.45) is 1.12. The molecule has 0 spiro atoms. The van der Waals surface area contributed by atoms with Gasteiger partial charge in [0.15, 0.2) is 0 Å². The maximum Gasteiger partial charge on any atom is 0.217 e. The summed E-state index contributed by atoms with van der Waals surface area (Å²) in [7, 11) is 0. The highest BCUT2D eigenvalue weighted by Crippen LogP contribution is 2.16. The number of benzene rings is 1.